The summed E-state index contributed by atoms with van der Waals surface area (Å²) >= 11 is 5.97. The van der Waals surface area contributed by atoms with Crippen LogP contribution in [0.25, 0.3) is 0 Å². The van der Waals surface area contributed by atoms with Crippen molar-refractivity contribution >= 4 is 23.2 Å². The predicted octanol–water partition coefficient (Wildman–Crippen LogP) is 2.75. The lowest BCUT2D eigenvalue weighted by atomic mass is 9.96. The number of piperazine rings is 1. The number of amides is 1. The van der Waals surface area contributed by atoms with Gasteiger partial charge in [-0.15, -0.1) is 0 Å². The summed E-state index contributed by atoms with van der Waals surface area (Å²) < 4.78 is 0. The van der Waals surface area contributed by atoms with E-state index in [0.29, 0.717) is 5.02 Å². The van der Waals surface area contributed by atoms with Crippen LogP contribution in [0.2, 0.25) is 5.02 Å². The first-order chi connectivity index (χ1) is 8.33. The third kappa shape index (κ3) is 2.25. The number of carbonyl (C=O) groups excluding carboxylic acids is 1. The molecule has 0 aliphatic carbocycles. The largest absolute Gasteiger partial charge is 0.307 e. The number of rotatable bonds is 1. The summed E-state index contributed by atoms with van der Waals surface area (Å²) in [5.74, 6) is 0.103. The van der Waals surface area contributed by atoms with Gasteiger partial charge in [0, 0.05) is 23.3 Å². The number of hydrogen-bond donors (Lipinski definition) is 1. The number of carbonyl (C=O) groups is 1. The SMILES string of the molecule is Cc1cc(Cl)ccc1N1C(=O)C(C)(C)NCC1C. The minimum absolute atomic E-state index is 0.103. The van der Waals surface area contributed by atoms with Crippen LogP contribution in [0.1, 0.15) is 26.3 Å². The molecular formula is C14H19ClN2O. The fourth-order valence-corrected chi connectivity index (χ4v) is 2.53. The Bertz CT molecular complexity index is 485. The van der Waals surface area contributed by atoms with E-state index in [0.717, 1.165) is 17.8 Å². The Balaban J connectivity index is 2.44. The van der Waals surface area contributed by atoms with Crippen LogP contribution in [0.15, 0.2) is 18.2 Å². The third-order valence-electron chi connectivity index (χ3n) is 3.45. The smallest absolute Gasteiger partial charge is 0.247 e. The Morgan fingerprint density at radius 1 is 1.44 bits per heavy atom. The Hall–Kier alpha value is -1.06. The zero-order valence-corrected chi connectivity index (χ0v) is 12.0. The maximum Gasteiger partial charge on any atom is 0.247 e. The Labute approximate surface area is 113 Å². The Kier molecular flexibility index (Phi) is 3.39. The van der Waals surface area contributed by atoms with Crippen molar-refractivity contribution in [2.24, 2.45) is 0 Å². The molecule has 1 aromatic rings. The summed E-state index contributed by atoms with van der Waals surface area (Å²) in [4.78, 5) is 14.4. The average molecular weight is 267 g/mol. The second-order valence-corrected chi connectivity index (χ2v) is 5.90. The minimum Gasteiger partial charge on any atom is -0.307 e. The van der Waals surface area contributed by atoms with E-state index in [9.17, 15) is 4.79 Å². The van der Waals surface area contributed by atoms with Crippen LogP contribution in [0, 0.1) is 6.92 Å². The van der Waals surface area contributed by atoms with Gasteiger partial charge < -0.3 is 10.2 Å². The first kappa shape index (κ1) is 13.4. The molecule has 4 heteroatoms. The molecule has 0 spiro atoms. The second-order valence-electron chi connectivity index (χ2n) is 5.46. The lowest BCUT2D eigenvalue weighted by Crippen LogP contribution is -2.65. The van der Waals surface area contributed by atoms with Crippen molar-refractivity contribution in [1.29, 1.82) is 0 Å². The van der Waals surface area contributed by atoms with E-state index >= 15 is 0 Å². The van der Waals surface area contributed by atoms with Crippen LogP contribution in [-0.2, 0) is 4.79 Å². The quantitative estimate of drug-likeness (QED) is 0.848. The summed E-state index contributed by atoms with van der Waals surface area (Å²) in [6.45, 7) is 8.66. The van der Waals surface area contributed by atoms with Crippen molar-refractivity contribution in [2.75, 3.05) is 11.4 Å². The molecule has 1 saturated heterocycles. The van der Waals surface area contributed by atoms with Gasteiger partial charge in [-0.25, -0.2) is 0 Å². The maximum absolute atomic E-state index is 12.5. The number of hydrogen-bond acceptors (Lipinski definition) is 2. The average Bonchev–Trinajstić information content (AvgIpc) is 2.28. The molecule has 1 fully saturated rings. The normalized spacial score (nSPS) is 23.3. The van der Waals surface area contributed by atoms with Gasteiger partial charge in [-0.05, 0) is 51.5 Å². The predicted molar refractivity (Wildman–Crippen MR) is 75.2 cm³/mol. The fourth-order valence-electron chi connectivity index (χ4n) is 2.31. The van der Waals surface area contributed by atoms with Gasteiger partial charge in [-0.1, -0.05) is 11.6 Å². The standard InChI is InChI=1S/C14H19ClN2O/c1-9-7-11(15)5-6-12(9)17-10(2)8-16-14(3,4)13(17)18/h5-7,10,16H,8H2,1-4H3. The minimum atomic E-state index is -0.515. The molecule has 0 aromatic heterocycles. The monoisotopic (exact) mass is 266 g/mol. The van der Waals surface area contributed by atoms with Gasteiger partial charge >= 0.3 is 0 Å². The van der Waals surface area contributed by atoms with E-state index in [-0.39, 0.29) is 11.9 Å². The fraction of sp³-hybridized carbons (Fsp3) is 0.500. The molecule has 1 atom stereocenters. The van der Waals surface area contributed by atoms with Crippen LogP contribution in [0.3, 0.4) is 0 Å². The van der Waals surface area contributed by atoms with Crippen LogP contribution < -0.4 is 10.2 Å². The molecule has 0 bridgehead atoms. The number of nitrogens with one attached hydrogen (secondary N) is 1. The van der Waals surface area contributed by atoms with Crippen molar-refractivity contribution in [3.63, 3.8) is 0 Å². The molecule has 0 radical (unpaired) electrons. The van der Waals surface area contributed by atoms with E-state index in [2.05, 4.69) is 5.32 Å². The molecule has 98 valence electrons. The van der Waals surface area contributed by atoms with Crippen LogP contribution >= 0.6 is 11.6 Å². The second kappa shape index (κ2) is 4.56. The number of benzene rings is 1. The Morgan fingerprint density at radius 3 is 2.72 bits per heavy atom. The topological polar surface area (TPSA) is 32.3 Å². The number of aryl methyl sites for hydroxylation is 1. The van der Waals surface area contributed by atoms with Gasteiger partial charge in [0.2, 0.25) is 5.91 Å². The molecule has 1 unspecified atom stereocenters. The Morgan fingerprint density at radius 2 is 2.11 bits per heavy atom. The lowest BCUT2D eigenvalue weighted by molar-refractivity contribution is -0.125. The lowest BCUT2D eigenvalue weighted by Gasteiger charge is -2.43. The highest BCUT2D eigenvalue weighted by Crippen LogP contribution is 2.29. The van der Waals surface area contributed by atoms with E-state index in [1.807, 2.05) is 50.8 Å². The van der Waals surface area contributed by atoms with Crippen LogP contribution in [-0.4, -0.2) is 24.0 Å². The van der Waals surface area contributed by atoms with E-state index in [1.54, 1.807) is 0 Å². The molecule has 1 aliphatic heterocycles. The number of halogens is 1. The summed E-state index contributed by atoms with van der Waals surface area (Å²) in [5, 5.41) is 3.97. The molecular weight excluding hydrogens is 248 g/mol. The van der Waals surface area contributed by atoms with Gasteiger partial charge in [0.25, 0.3) is 0 Å². The van der Waals surface area contributed by atoms with Gasteiger partial charge in [0.05, 0.1) is 5.54 Å². The molecule has 1 N–H and O–H groups in total. The summed E-state index contributed by atoms with van der Waals surface area (Å²) in [7, 11) is 0. The van der Waals surface area contributed by atoms with Crippen LogP contribution in [0.4, 0.5) is 5.69 Å². The van der Waals surface area contributed by atoms with Gasteiger partial charge in [0.1, 0.15) is 0 Å². The van der Waals surface area contributed by atoms with Crippen molar-refractivity contribution in [3.05, 3.63) is 28.8 Å². The van der Waals surface area contributed by atoms with Crippen molar-refractivity contribution in [1.82, 2.24) is 5.32 Å². The summed E-state index contributed by atoms with van der Waals surface area (Å²) in [6.07, 6.45) is 0. The highest BCUT2D eigenvalue weighted by molar-refractivity contribution is 6.30. The van der Waals surface area contributed by atoms with E-state index in [4.69, 9.17) is 11.6 Å². The number of anilines is 1. The molecule has 0 saturated carbocycles. The third-order valence-corrected chi connectivity index (χ3v) is 3.69. The van der Waals surface area contributed by atoms with Gasteiger partial charge in [-0.3, -0.25) is 4.79 Å². The summed E-state index contributed by atoms with van der Waals surface area (Å²) in [5.41, 5.74) is 1.46. The maximum atomic E-state index is 12.5. The zero-order valence-electron chi connectivity index (χ0n) is 11.2. The highest BCUT2D eigenvalue weighted by atomic mass is 35.5. The number of nitrogens with zero attached hydrogens (tertiary/aromatic N) is 1. The molecule has 2 rings (SSSR count). The van der Waals surface area contributed by atoms with Crippen molar-refractivity contribution in [3.8, 4) is 0 Å². The molecule has 1 aromatic carbocycles. The van der Waals surface area contributed by atoms with Crippen LogP contribution in [0.5, 0.6) is 0 Å². The van der Waals surface area contributed by atoms with Crippen molar-refractivity contribution in [2.45, 2.75) is 39.3 Å². The molecule has 18 heavy (non-hydrogen) atoms. The molecule has 1 amide bonds. The summed E-state index contributed by atoms with van der Waals surface area (Å²) in [6, 6.07) is 5.79. The van der Waals surface area contributed by atoms with Gasteiger partial charge in [0.15, 0.2) is 0 Å². The first-order valence-corrected chi connectivity index (χ1v) is 6.55. The van der Waals surface area contributed by atoms with Gasteiger partial charge in [-0.2, -0.15) is 0 Å². The first-order valence-electron chi connectivity index (χ1n) is 6.18. The molecule has 1 aliphatic rings. The van der Waals surface area contributed by atoms with E-state index in [1.165, 1.54) is 0 Å². The van der Waals surface area contributed by atoms with Crippen molar-refractivity contribution < 1.29 is 4.79 Å². The zero-order chi connectivity index (χ0) is 13.5. The molecule has 3 nitrogen and oxygen atoms in total. The molecule has 1 heterocycles. The highest BCUT2D eigenvalue weighted by Gasteiger charge is 2.39. The van der Waals surface area contributed by atoms with E-state index < -0.39 is 5.54 Å².